The summed E-state index contributed by atoms with van der Waals surface area (Å²) < 4.78 is 0. The molecular weight excluding hydrogens is 224 g/mol. The van der Waals surface area contributed by atoms with Crippen LogP contribution >= 0.6 is 0 Å². The standard InChI is InChI=1S/C16H19S/c1-5-14(6-2)17(15(7-3)8-4)16-12-10-9-11-13-16/h5-13H,1,3H2,2,4H3/q+1. The van der Waals surface area contributed by atoms with Gasteiger partial charge < -0.3 is 0 Å². The lowest BCUT2D eigenvalue weighted by Gasteiger charge is -2.08. The van der Waals surface area contributed by atoms with Gasteiger partial charge in [0.05, 0.1) is 10.9 Å². The summed E-state index contributed by atoms with van der Waals surface area (Å²) in [5.41, 5.74) is 0. The molecule has 0 aliphatic carbocycles. The SMILES string of the molecule is C=CC(=CC)[S+](C(C=C)=CC)c1ccccc1. The lowest BCUT2D eigenvalue weighted by atomic mass is 10.4. The number of benzene rings is 1. The first-order chi connectivity index (χ1) is 8.28. The number of rotatable bonds is 5. The Kier molecular flexibility index (Phi) is 5.58. The average Bonchev–Trinajstić information content (AvgIpc) is 2.40. The van der Waals surface area contributed by atoms with E-state index in [0.29, 0.717) is 0 Å². The molecule has 1 aromatic carbocycles. The molecule has 0 N–H and O–H groups in total. The normalized spacial score (nSPS) is 14.2. The van der Waals surface area contributed by atoms with E-state index >= 15 is 0 Å². The molecule has 1 aromatic rings. The van der Waals surface area contributed by atoms with Crippen LogP contribution in [0.15, 0.2) is 82.5 Å². The molecule has 0 heterocycles. The minimum atomic E-state index is -0.0774. The van der Waals surface area contributed by atoms with Gasteiger partial charge in [-0.1, -0.05) is 31.4 Å². The third-order valence-electron chi connectivity index (χ3n) is 2.42. The van der Waals surface area contributed by atoms with Gasteiger partial charge in [-0.15, -0.1) is 0 Å². The first-order valence-corrected chi connectivity index (χ1v) is 6.87. The van der Waals surface area contributed by atoms with E-state index in [1.807, 2.05) is 18.2 Å². The molecular formula is C16H19S+. The topological polar surface area (TPSA) is 0 Å². The first kappa shape index (κ1) is 13.6. The monoisotopic (exact) mass is 243 g/mol. The van der Waals surface area contributed by atoms with Gasteiger partial charge in [0.15, 0.2) is 14.7 Å². The molecule has 88 valence electrons. The Morgan fingerprint density at radius 3 is 1.76 bits per heavy atom. The quantitative estimate of drug-likeness (QED) is 0.512. The molecule has 0 spiro atoms. The van der Waals surface area contributed by atoms with Gasteiger partial charge in [-0.2, -0.15) is 0 Å². The molecule has 0 amide bonds. The lowest BCUT2D eigenvalue weighted by Crippen LogP contribution is -2.06. The van der Waals surface area contributed by atoms with Crippen molar-refractivity contribution in [2.45, 2.75) is 18.7 Å². The predicted molar refractivity (Wildman–Crippen MR) is 80.0 cm³/mol. The zero-order chi connectivity index (χ0) is 12.7. The van der Waals surface area contributed by atoms with Crippen LogP contribution in [0.4, 0.5) is 0 Å². The molecule has 0 atom stereocenters. The summed E-state index contributed by atoms with van der Waals surface area (Å²) in [7, 11) is -0.0774. The lowest BCUT2D eigenvalue weighted by molar-refractivity contribution is 1.44. The van der Waals surface area contributed by atoms with Crippen molar-refractivity contribution in [1.82, 2.24) is 0 Å². The zero-order valence-corrected chi connectivity index (χ0v) is 11.3. The van der Waals surface area contributed by atoms with Crippen molar-refractivity contribution in [2.75, 3.05) is 0 Å². The Labute approximate surface area is 107 Å². The van der Waals surface area contributed by atoms with Crippen LogP contribution in [0.2, 0.25) is 0 Å². The van der Waals surface area contributed by atoms with Crippen LogP contribution in [0.1, 0.15) is 13.8 Å². The Morgan fingerprint density at radius 1 is 0.941 bits per heavy atom. The molecule has 0 aromatic heterocycles. The van der Waals surface area contributed by atoms with E-state index in [-0.39, 0.29) is 10.9 Å². The number of hydrogen-bond donors (Lipinski definition) is 0. The summed E-state index contributed by atoms with van der Waals surface area (Å²) in [6.45, 7) is 11.9. The Balaban J connectivity index is 3.30. The van der Waals surface area contributed by atoms with Crippen LogP contribution in [0.5, 0.6) is 0 Å². The zero-order valence-electron chi connectivity index (χ0n) is 10.5. The maximum atomic E-state index is 3.91. The summed E-state index contributed by atoms with van der Waals surface area (Å²) in [5.74, 6) is 0. The molecule has 0 unspecified atom stereocenters. The van der Waals surface area contributed by atoms with Gasteiger partial charge in [0, 0.05) is 0 Å². The summed E-state index contributed by atoms with van der Waals surface area (Å²) in [6.07, 6.45) is 8.11. The summed E-state index contributed by atoms with van der Waals surface area (Å²) in [6, 6.07) is 10.5. The second-order valence-electron chi connectivity index (χ2n) is 3.41. The van der Waals surface area contributed by atoms with Crippen molar-refractivity contribution < 1.29 is 0 Å². The van der Waals surface area contributed by atoms with Gasteiger partial charge >= 0.3 is 0 Å². The highest BCUT2D eigenvalue weighted by atomic mass is 32.2. The summed E-state index contributed by atoms with van der Waals surface area (Å²) >= 11 is 0. The van der Waals surface area contributed by atoms with Gasteiger partial charge in [-0.05, 0) is 50.3 Å². The highest BCUT2D eigenvalue weighted by molar-refractivity contribution is 8.04. The largest absolute Gasteiger partial charge is 0.166 e. The van der Waals surface area contributed by atoms with Crippen LogP contribution in [0, 0.1) is 0 Å². The second kappa shape index (κ2) is 6.97. The molecule has 17 heavy (non-hydrogen) atoms. The first-order valence-electron chi connectivity index (χ1n) is 5.65. The molecule has 0 saturated heterocycles. The molecule has 0 aliphatic heterocycles. The summed E-state index contributed by atoms with van der Waals surface area (Å²) in [5, 5.41) is 0. The van der Waals surface area contributed by atoms with E-state index < -0.39 is 0 Å². The smallest absolute Gasteiger partial charge is 0.0941 e. The Bertz CT molecular complexity index is 414. The van der Waals surface area contributed by atoms with Gasteiger partial charge in [0.25, 0.3) is 0 Å². The highest BCUT2D eigenvalue weighted by Crippen LogP contribution is 2.30. The fourth-order valence-electron chi connectivity index (χ4n) is 1.60. The second-order valence-corrected chi connectivity index (χ2v) is 5.44. The van der Waals surface area contributed by atoms with Gasteiger partial charge in [-0.3, -0.25) is 0 Å². The minimum absolute atomic E-state index is 0.0774. The molecule has 1 rings (SSSR count). The fourth-order valence-corrected chi connectivity index (χ4v) is 3.65. The van der Waals surface area contributed by atoms with Gasteiger partial charge in [-0.25, -0.2) is 0 Å². The van der Waals surface area contributed by atoms with E-state index in [2.05, 4.69) is 63.4 Å². The number of allylic oxidation sites excluding steroid dienone is 4. The highest BCUT2D eigenvalue weighted by Gasteiger charge is 2.28. The maximum Gasteiger partial charge on any atom is 0.166 e. The Morgan fingerprint density at radius 2 is 1.41 bits per heavy atom. The van der Waals surface area contributed by atoms with Crippen LogP contribution in [-0.2, 0) is 10.9 Å². The molecule has 0 bridgehead atoms. The van der Waals surface area contributed by atoms with Crippen LogP contribution in [0.3, 0.4) is 0 Å². The predicted octanol–water partition coefficient (Wildman–Crippen LogP) is 4.84. The third-order valence-corrected chi connectivity index (χ3v) is 4.91. The van der Waals surface area contributed by atoms with Crippen molar-refractivity contribution in [3.8, 4) is 0 Å². The van der Waals surface area contributed by atoms with Crippen LogP contribution in [0.25, 0.3) is 0 Å². The fraction of sp³-hybridized carbons (Fsp3) is 0.125. The summed E-state index contributed by atoms with van der Waals surface area (Å²) in [4.78, 5) is 3.78. The molecule has 0 aliphatic rings. The van der Waals surface area contributed by atoms with E-state index in [1.54, 1.807) is 0 Å². The van der Waals surface area contributed by atoms with Crippen molar-refractivity contribution in [2.24, 2.45) is 0 Å². The van der Waals surface area contributed by atoms with Crippen LogP contribution in [-0.4, -0.2) is 0 Å². The van der Waals surface area contributed by atoms with Gasteiger partial charge in [0.1, 0.15) is 0 Å². The molecule has 1 heteroatoms. The minimum Gasteiger partial charge on any atom is -0.0941 e. The Hall–Kier alpha value is -1.47. The number of hydrogen-bond acceptors (Lipinski definition) is 0. The maximum absolute atomic E-state index is 3.91. The van der Waals surface area contributed by atoms with E-state index in [0.717, 1.165) is 0 Å². The third kappa shape index (κ3) is 3.24. The molecule has 0 fully saturated rings. The van der Waals surface area contributed by atoms with Crippen molar-refractivity contribution in [3.05, 3.63) is 77.6 Å². The average molecular weight is 243 g/mol. The van der Waals surface area contributed by atoms with Crippen molar-refractivity contribution in [1.29, 1.82) is 0 Å². The molecule has 0 radical (unpaired) electrons. The molecule has 0 nitrogen and oxygen atoms in total. The van der Waals surface area contributed by atoms with Gasteiger partial charge in [0.2, 0.25) is 0 Å². The van der Waals surface area contributed by atoms with E-state index in [1.165, 1.54) is 14.7 Å². The van der Waals surface area contributed by atoms with E-state index in [4.69, 9.17) is 0 Å². The molecule has 0 saturated carbocycles. The van der Waals surface area contributed by atoms with Crippen molar-refractivity contribution >= 4 is 10.9 Å². The van der Waals surface area contributed by atoms with Crippen molar-refractivity contribution in [3.63, 3.8) is 0 Å². The van der Waals surface area contributed by atoms with Crippen LogP contribution < -0.4 is 0 Å². The van der Waals surface area contributed by atoms with E-state index in [9.17, 15) is 0 Å².